The molecule has 1 aliphatic carbocycles. The van der Waals surface area contributed by atoms with Gasteiger partial charge >= 0.3 is 0 Å². The van der Waals surface area contributed by atoms with Gasteiger partial charge < -0.3 is 11.1 Å². The van der Waals surface area contributed by atoms with Crippen molar-refractivity contribution in [1.82, 2.24) is 4.90 Å². The van der Waals surface area contributed by atoms with Crippen molar-refractivity contribution in [2.75, 3.05) is 18.4 Å². The molecule has 4 nitrogen and oxygen atoms in total. The summed E-state index contributed by atoms with van der Waals surface area (Å²) >= 11 is 0. The Labute approximate surface area is 139 Å². The second-order valence-electron chi connectivity index (χ2n) is 7.26. The molecule has 2 aliphatic rings. The lowest BCUT2D eigenvalue weighted by atomic mass is 9.80. The van der Waals surface area contributed by atoms with Crippen LogP contribution < -0.4 is 11.1 Å². The van der Waals surface area contributed by atoms with Gasteiger partial charge in [-0.2, -0.15) is 0 Å². The van der Waals surface area contributed by atoms with Crippen molar-refractivity contribution in [3.8, 4) is 0 Å². The van der Waals surface area contributed by atoms with E-state index in [1.165, 1.54) is 30.5 Å². The van der Waals surface area contributed by atoms with Crippen molar-refractivity contribution in [3.05, 3.63) is 29.8 Å². The fourth-order valence-corrected chi connectivity index (χ4v) is 3.77. The van der Waals surface area contributed by atoms with Crippen LogP contribution in [-0.4, -0.2) is 29.9 Å². The second-order valence-corrected chi connectivity index (χ2v) is 7.26. The lowest BCUT2D eigenvalue weighted by Gasteiger charge is -2.34. The number of carbonyl (C=O) groups is 1. The minimum Gasteiger partial charge on any atom is -0.382 e. The normalized spacial score (nSPS) is 24.0. The molecule has 1 saturated heterocycles. The topological polar surface area (TPSA) is 58.4 Å². The van der Waals surface area contributed by atoms with E-state index < -0.39 is 0 Å². The smallest absolute Gasteiger partial charge is 0.221 e. The number of nitrogens with one attached hydrogen (secondary N) is 1. The highest BCUT2D eigenvalue weighted by Crippen LogP contribution is 2.32. The van der Waals surface area contributed by atoms with Crippen LogP contribution >= 0.6 is 0 Å². The number of nitrogens with two attached hydrogens (primary N) is 1. The quantitative estimate of drug-likeness (QED) is 0.848. The maximum absolute atomic E-state index is 11.5. The summed E-state index contributed by atoms with van der Waals surface area (Å²) < 4.78 is 0. The van der Waals surface area contributed by atoms with Crippen molar-refractivity contribution >= 4 is 11.6 Å². The molecule has 4 heteroatoms. The molecule has 0 unspecified atom stereocenters. The van der Waals surface area contributed by atoms with E-state index >= 15 is 0 Å². The predicted octanol–water partition coefficient (Wildman–Crippen LogP) is 2.98. The molecule has 1 saturated carbocycles. The summed E-state index contributed by atoms with van der Waals surface area (Å²) in [5, 5.41) is 3.72. The largest absolute Gasteiger partial charge is 0.382 e. The third-order valence-electron chi connectivity index (χ3n) is 5.56. The maximum Gasteiger partial charge on any atom is 0.221 e. The minimum absolute atomic E-state index is 0.0118. The van der Waals surface area contributed by atoms with Crippen molar-refractivity contribution in [3.63, 3.8) is 0 Å². The van der Waals surface area contributed by atoms with Gasteiger partial charge in [-0.3, -0.25) is 9.69 Å². The molecule has 2 fully saturated rings. The van der Waals surface area contributed by atoms with E-state index in [4.69, 9.17) is 5.73 Å². The Kier molecular flexibility index (Phi) is 5.21. The van der Waals surface area contributed by atoms with Gasteiger partial charge in [-0.15, -0.1) is 0 Å². The van der Waals surface area contributed by atoms with Gasteiger partial charge in [-0.1, -0.05) is 24.6 Å². The Morgan fingerprint density at radius 1 is 1.30 bits per heavy atom. The standard InChI is InChI=1S/C19H29N3O/c1-14(15-7-4-8-15)21-18-10-3-2-6-16(18)12-22-11-5-9-17(13-22)19(20)23/h2-3,6,10,14-15,17,21H,4-5,7-9,11-13H2,1H3,(H2,20,23)/t14-,17-/m0/s1. The summed E-state index contributed by atoms with van der Waals surface area (Å²) in [5.74, 6) is 0.676. The van der Waals surface area contributed by atoms with E-state index in [9.17, 15) is 4.79 Å². The van der Waals surface area contributed by atoms with Gasteiger partial charge in [0.1, 0.15) is 0 Å². The summed E-state index contributed by atoms with van der Waals surface area (Å²) in [7, 11) is 0. The zero-order valence-corrected chi connectivity index (χ0v) is 14.1. The highest BCUT2D eigenvalue weighted by atomic mass is 16.1. The van der Waals surface area contributed by atoms with Crippen LogP contribution in [-0.2, 0) is 11.3 Å². The zero-order chi connectivity index (χ0) is 16.2. The molecule has 0 bridgehead atoms. The summed E-state index contributed by atoms with van der Waals surface area (Å²) in [6.45, 7) is 5.03. The van der Waals surface area contributed by atoms with Gasteiger partial charge in [0.05, 0.1) is 5.92 Å². The molecule has 3 rings (SSSR count). The number of anilines is 1. The maximum atomic E-state index is 11.5. The van der Waals surface area contributed by atoms with Crippen molar-refractivity contribution in [2.24, 2.45) is 17.6 Å². The highest BCUT2D eigenvalue weighted by molar-refractivity contribution is 5.76. The van der Waals surface area contributed by atoms with Crippen LogP contribution in [0.2, 0.25) is 0 Å². The number of piperidine rings is 1. The van der Waals surface area contributed by atoms with E-state index in [1.807, 2.05) is 0 Å². The Morgan fingerprint density at radius 3 is 2.78 bits per heavy atom. The summed E-state index contributed by atoms with van der Waals surface area (Å²) in [6.07, 6.45) is 6.07. The first-order chi connectivity index (χ1) is 11.1. The first kappa shape index (κ1) is 16.3. The molecule has 0 radical (unpaired) electrons. The molecule has 0 spiro atoms. The number of para-hydroxylation sites is 1. The van der Waals surface area contributed by atoms with E-state index in [-0.39, 0.29) is 11.8 Å². The highest BCUT2D eigenvalue weighted by Gasteiger charge is 2.26. The molecule has 1 aromatic rings. The second kappa shape index (κ2) is 7.35. The number of rotatable bonds is 6. The molecular weight excluding hydrogens is 286 g/mol. The molecule has 126 valence electrons. The van der Waals surface area contributed by atoms with Gasteiger partial charge in [0, 0.05) is 24.8 Å². The Bertz CT molecular complexity index is 541. The number of amides is 1. The molecule has 23 heavy (non-hydrogen) atoms. The molecule has 0 aromatic heterocycles. The number of hydrogen-bond acceptors (Lipinski definition) is 3. The van der Waals surface area contributed by atoms with E-state index in [0.29, 0.717) is 6.04 Å². The van der Waals surface area contributed by atoms with E-state index in [1.54, 1.807) is 0 Å². The number of likely N-dealkylation sites (tertiary alicyclic amines) is 1. The predicted molar refractivity (Wildman–Crippen MR) is 94.1 cm³/mol. The first-order valence-corrected chi connectivity index (χ1v) is 8.99. The molecule has 3 N–H and O–H groups in total. The summed E-state index contributed by atoms with van der Waals surface area (Å²) in [6, 6.07) is 9.11. The number of benzene rings is 1. The molecule has 1 aliphatic heterocycles. The third-order valence-corrected chi connectivity index (χ3v) is 5.56. The first-order valence-electron chi connectivity index (χ1n) is 8.99. The number of primary amides is 1. The van der Waals surface area contributed by atoms with Crippen molar-refractivity contribution in [2.45, 2.75) is 51.6 Å². The lowest BCUT2D eigenvalue weighted by molar-refractivity contribution is -0.123. The van der Waals surface area contributed by atoms with Crippen LogP contribution in [0, 0.1) is 11.8 Å². The van der Waals surface area contributed by atoms with Gasteiger partial charge in [-0.05, 0) is 56.7 Å². The fraction of sp³-hybridized carbons (Fsp3) is 0.632. The van der Waals surface area contributed by atoms with Crippen LogP contribution in [0.5, 0.6) is 0 Å². The van der Waals surface area contributed by atoms with E-state index in [2.05, 4.69) is 41.4 Å². The number of carbonyl (C=O) groups excluding carboxylic acids is 1. The Hall–Kier alpha value is -1.55. The Morgan fingerprint density at radius 2 is 2.09 bits per heavy atom. The van der Waals surface area contributed by atoms with Crippen molar-refractivity contribution < 1.29 is 4.79 Å². The van der Waals surface area contributed by atoms with Gasteiger partial charge in [0.2, 0.25) is 5.91 Å². The van der Waals surface area contributed by atoms with Crippen LogP contribution in [0.15, 0.2) is 24.3 Å². The molecule has 1 amide bonds. The lowest BCUT2D eigenvalue weighted by Crippen LogP contribution is -2.40. The van der Waals surface area contributed by atoms with Crippen molar-refractivity contribution in [1.29, 1.82) is 0 Å². The van der Waals surface area contributed by atoms with Crippen LogP contribution in [0.25, 0.3) is 0 Å². The monoisotopic (exact) mass is 315 g/mol. The van der Waals surface area contributed by atoms with Gasteiger partial charge in [-0.25, -0.2) is 0 Å². The minimum atomic E-state index is -0.153. The van der Waals surface area contributed by atoms with E-state index in [0.717, 1.165) is 38.4 Å². The fourth-order valence-electron chi connectivity index (χ4n) is 3.77. The third kappa shape index (κ3) is 4.05. The SMILES string of the molecule is C[C@H](Nc1ccccc1CN1CCC[C@H](C(N)=O)C1)C1CCC1. The summed E-state index contributed by atoms with van der Waals surface area (Å²) in [4.78, 5) is 13.8. The number of nitrogens with zero attached hydrogens (tertiary/aromatic N) is 1. The van der Waals surface area contributed by atoms with Crippen LogP contribution in [0.3, 0.4) is 0 Å². The molecular formula is C19H29N3O. The average molecular weight is 315 g/mol. The van der Waals surface area contributed by atoms with Gasteiger partial charge in [0.15, 0.2) is 0 Å². The molecule has 1 aromatic carbocycles. The van der Waals surface area contributed by atoms with Crippen LogP contribution in [0.1, 0.15) is 44.6 Å². The molecule has 2 atom stereocenters. The average Bonchev–Trinajstić information content (AvgIpc) is 2.47. The Balaban J connectivity index is 1.64. The zero-order valence-electron chi connectivity index (χ0n) is 14.1. The molecule has 1 heterocycles. The van der Waals surface area contributed by atoms with Crippen LogP contribution in [0.4, 0.5) is 5.69 Å². The summed E-state index contributed by atoms with van der Waals surface area (Å²) in [5.41, 5.74) is 8.06. The van der Waals surface area contributed by atoms with Gasteiger partial charge in [0.25, 0.3) is 0 Å². The number of hydrogen-bond donors (Lipinski definition) is 2.